The summed E-state index contributed by atoms with van der Waals surface area (Å²) in [6.45, 7) is 7.18. The van der Waals surface area contributed by atoms with E-state index in [2.05, 4.69) is 38.2 Å². The highest BCUT2D eigenvalue weighted by atomic mass is 16.1. The van der Waals surface area contributed by atoms with Gasteiger partial charge in [0.1, 0.15) is 0 Å². The smallest absolute Gasteiger partial charge is 0.252 e. The van der Waals surface area contributed by atoms with E-state index in [1.165, 1.54) is 24.0 Å². The van der Waals surface area contributed by atoms with Crippen LogP contribution in [0.2, 0.25) is 0 Å². The van der Waals surface area contributed by atoms with Gasteiger partial charge in [0.25, 0.3) is 5.91 Å². The Hall–Kier alpha value is -1.57. The number of carbonyl (C=O) groups excluding carboxylic acids is 1. The number of benzene rings is 1. The second kappa shape index (κ2) is 5.38. The lowest BCUT2D eigenvalue weighted by Crippen LogP contribution is -2.31. The number of aryl methyl sites for hydroxylation is 1. The summed E-state index contributed by atoms with van der Waals surface area (Å²) >= 11 is 0. The van der Waals surface area contributed by atoms with Crippen LogP contribution in [-0.4, -0.2) is 12.5 Å². The zero-order chi connectivity index (χ0) is 13.1. The molecule has 0 saturated heterocycles. The maximum atomic E-state index is 11.9. The molecule has 1 N–H and O–H groups in total. The summed E-state index contributed by atoms with van der Waals surface area (Å²) in [4.78, 5) is 11.9. The number of allylic oxidation sites excluding steroid dienone is 1. The van der Waals surface area contributed by atoms with E-state index in [1.807, 2.05) is 12.1 Å². The lowest BCUT2D eigenvalue weighted by Gasteiger charge is -2.22. The number of hydrogen-bond donors (Lipinski definition) is 1. The summed E-state index contributed by atoms with van der Waals surface area (Å²) in [5, 5.41) is 2.96. The Kier molecular flexibility index (Phi) is 3.85. The van der Waals surface area contributed by atoms with Gasteiger partial charge < -0.3 is 5.32 Å². The summed E-state index contributed by atoms with van der Waals surface area (Å²) in [7, 11) is 0. The molecule has 0 fully saturated rings. The van der Waals surface area contributed by atoms with Gasteiger partial charge in [0.2, 0.25) is 0 Å². The molecule has 18 heavy (non-hydrogen) atoms. The Labute approximate surface area is 109 Å². The van der Waals surface area contributed by atoms with E-state index in [1.54, 1.807) is 0 Å². The molecule has 2 nitrogen and oxygen atoms in total. The molecule has 0 radical (unpaired) electrons. The topological polar surface area (TPSA) is 29.1 Å². The van der Waals surface area contributed by atoms with Crippen molar-refractivity contribution in [2.75, 3.05) is 6.54 Å². The molecule has 1 aliphatic heterocycles. The monoisotopic (exact) mass is 243 g/mol. The number of fused-ring (bicyclic) bond motifs is 1. The van der Waals surface area contributed by atoms with Crippen molar-refractivity contribution in [1.29, 1.82) is 0 Å². The number of nitrogens with one attached hydrogen (secondary N) is 1. The Morgan fingerprint density at radius 2 is 2.22 bits per heavy atom. The minimum absolute atomic E-state index is 0.0500. The van der Waals surface area contributed by atoms with Crippen LogP contribution in [-0.2, 0) is 0 Å². The number of carbonyl (C=O) groups is 1. The van der Waals surface area contributed by atoms with Crippen LogP contribution < -0.4 is 5.32 Å². The summed E-state index contributed by atoms with van der Waals surface area (Å²) in [5.41, 5.74) is 4.42. The van der Waals surface area contributed by atoms with E-state index in [0.29, 0.717) is 12.5 Å². The lowest BCUT2D eigenvalue weighted by molar-refractivity contribution is 0.0954. The van der Waals surface area contributed by atoms with Gasteiger partial charge in [0.15, 0.2) is 0 Å². The molecular formula is C16H21NO. The second-order valence-electron chi connectivity index (χ2n) is 5.14. The molecule has 1 amide bonds. The lowest BCUT2D eigenvalue weighted by atomic mass is 9.89. The summed E-state index contributed by atoms with van der Waals surface area (Å²) in [6, 6.07) is 5.94. The van der Waals surface area contributed by atoms with Gasteiger partial charge >= 0.3 is 0 Å². The SMILES string of the molecule is CCCC(C)/C=C1/CNC(=O)c2cccc(C)c21. The van der Waals surface area contributed by atoms with Gasteiger partial charge in [-0.1, -0.05) is 38.5 Å². The minimum Gasteiger partial charge on any atom is -0.348 e. The van der Waals surface area contributed by atoms with Gasteiger partial charge in [-0.2, -0.15) is 0 Å². The first kappa shape index (κ1) is 12.9. The molecular weight excluding hydrogens is 222 g/mol. The first-order valence-electron chi connectivity index (χ1n) is 6.72. The summed E-state index contributed by atoms with van der Waals surface area (Å²) in [6.07, 6.45) is 4.70. The van der Waals surface area contributed by atoms with Crippen LogP contribution in [0.4, 0.5) is 0 Å². The maximum Gasteiger partial charge on any atom is 0.252 e. The third-order valence-corrected chi connectivity index (χ3v) is 3.51. The third-order valence-electron chi connectivity index (χ3n) is 3.51. The van der Waals surface area contributed by atoms with Crippen LogP contribution in [0.5, 0.6) is 0 Å². The number of hydrogen-bond acceptors (Lipinski definition) is 1. The number of rotatable bonds is 3. The van der Waals surface area contributed by atoms with Crippen molar-refractivity contribution in [3.8, 4) is 0 Å². The number of amides is 1. The van der Waals surface area contributed by atoms with Gasteiger partial charge in [-0.05, 0) is 42.0 Å². The largest absolute Gasteiger partial charge is 0.348 e. The fraction of sp³-hybridized carbons (Fsp3) is 0.438. The van der Waals surface area contributed by atoms with Crippen LogP contribution in [0.25, 0.3) is 5.57 Å². The molecule has 0 spiro atoms. The minimum atomic E-state index is 0.0500. The molecule has 1 aromatic rings. The van der Waals surface area contributed by atoms with Crippen LogP contribution in [0.1, 0.15) is 48.2 Å². The van der Waals surface area contributed by atoms with Crippen molar-refractivity contribution in [1.82, 2.24) is 5.32 Å². The first-order chi connectivity index (χ1) is 8.63. The van der Waals surface area contributed by atoms with E-state index < -0.39 is 0 Å². The Morgan fingerprint density at radius 1 is 1.44 bits per heavy atom. The summed E-state index contributed by atoms with van der Waals surface area (Å²) in [5.74, 6) is 0.612. The molecule has 1 aromatic carbocycles. The van der Waals surface area contributed by atoms with Crippen molar-refractivity contribution in [3.05, 3.63) is 41.0 Å². The van der Waals surface area contributed by atoms with Crippen LogP contribution >= 0.6 is 0 Å². The molecule has 2 rings (SSSR count). The molecule has 2 heteroatoms. The molecule has 1 heterocycles. The molecule has 0 aromatic heterocycles. The highest BCUT2D eigenvalue weighted by molar-refractivity contribution is 6.03. The van der Waals surface area contributed by atoms with Crippen LogP contribution in [0, 0.1) is 12.8 Å². The molecule has 1 aliphatic rings. The molecule has 96 valence electrons. The zero-order valence-electron chi connectivity index (χ0n) is 11.4. The van der Waals surface area contributed by atoms with Gasteiger partial charge in [0, 0.05) is 12.1 Å². The predicted molar refractivity (Wildman–Crippen MR) is 75.6 cm³/mol. The second-order valence-corrected chi connectivity index (χ2v) is 5.14. The van der Waals surface area contributed by atoms with Gasteiger partial charge in [-0.25, -0.2) is 0 Å². The Balaban J connectivity index is 2.43. The average Bonchev–Trinajstić information content (AvgIpc) is 2.33. The van der Waals surface area contributed by atoms with E-state index in [4.69, 9.17) is 0 Å². The Morgan fingerprint density at radius 3 is 2.94 bits per heavy atom. The Bertz CT molecular complexity index is 488. The van der Waals surface area contributed by atoms with Crippen molar-refractivity contribution >= 4 is 11.5 Å². The standard InChI is InChI=1S/C16H21NO/c1-4-6-11(2)9-13-10-17-16(18)14-8-5-7-12(3)15(13)14/h5,7-9,11H,4,6,10H2,1-3H3,(H,17,18)/b13-9-. The molecule has 0 aliphatic carbocycles. The fourth-order valence-corrected chi connectivity index (χ4v) is 2.67. The van der Waals surface area contributed by atoms with Gasteiger partial charge in [-0.3, -0.25) is 4.79 Å². The van der Waals surface area contributed by atoms with Crippen molar-refractivity contribution in [2.24, 2.45) is 5.92 Å². The van der Waals surface area contributed by atoms with Crippen LogP contribution in [0.15, 0.2) is 24.3 Å². The average molecular weight is 243 g/mol. The van der Waals surface area contributed by atoms with E-state index in [0.717, 1.165) is 11.1 Å². The van der Waals surface area contributed by atoms with E-state index >= 15 is 0 Å². The highest BCUT2D eigenvalue weighted by Gasteiger charge is 2.21. The fourth-order valence-electron chi connectivity index (χ4n) is 2.67. The molecule has 1 atom stereocenters. The predicted octanol–water partition coefficient (Wildman–Crippen LogP) is 3.56. The normalized spacial score (nSPS) is 18.4. The molecule has 0 bridgehead atoms. The highest BCUT2D eigenvalue weighted by Crippen LogP contribution is 2.28. The first-order valence-corrected chi connectivity index (χ1v) is 6.72. The van der Waals surface area contributed by atoms with Crippen molar-refractivity contribution in [3.63, 3.8) is 0 Å². The molecule has 1 unspecified atom stereocenters. The molecule has 0 saturated carbocycles. The quantitative estimate of drug-likeness (QED) is 0.864. The van der Waals surface area contributed by atoms with Gasteiger partial charge in [-0.15, -0.1) is 0 Å². The van der Waals surface area contributed by atoms with Crippen LogP contribution in [0.3, 0.4) is 0 Å². The van der Waals surface area contributed by atoms with E-state index in [9.17, 15) is 4.79 Å². The summed E-state index contributed by atoms with van der Waals surface area (Å²) < 4.78 is 0. The zero-order valence-corrected chi connectivity index (χ0v) is 11.4. The van der Waals surface area contributed by atoms with Crippen molar-refractivity contribution < 1.29 is 4.79 Å². The van der Waals surface area contributed by atoms with E-state index in [-0.39, 0.29) is 5.91 Å². The van der Waals surface area contributed by atoms with Crippen molar-refractivity contribution in [2.45, 2.75) is 33.6 Å². The van der Waals surface area contributed by atoms with Gasteiger partial charge in [0.05, 0.1) is 0 Å². The maximum absolute atomic E-state index is 11.9. The third kappa shape index (κ3) is 2.47.